The molecule has 0 aromatic carbocycles. The molecule has 0 saturated heterocycles. The Hall–Kier alpha value is -1.09. The van der Waals surface area contributed by atoms with Gasteiger partial charge in [-0.15, -0.1) is 0 Å². The monoisotopic (exact) mass is 558 g/mol. The molecule has 0 radical (unpaired) electrons. The van der Waals surface area contributed by atoms with Crippen LogP contribution < -0.4 is 16.0 Å². The van der Waals surface area contributed by atoms with Crippen LogP contribution in [0.25, 0.3) is 12.2 Å². The van der Waals surface area contributed by atoms with Gasteiger partial charge in [-0.05, 0) is 66.8 Å². The average Bonchev–Trinajstić information content (AvgIpc) is 3.33. The van der Waals surface area contributed by atoms with Crippen molar-refractivity contribution in [1.29, 1.82) is 0 Å². The summed E-state index contributed by atoms with van der Waals surface area (Å²) in [7, 11) is 0. The number of hydrogen-bond acceptors (Lipinski definition) is 4. The van der Waals surface area contributed by atoms with E-state index in [9.17, 15) is 0 Å². The van der Waals surface area contributed by atoms with E-state index in [1.807, 2.05) is 54.7 Å². The first-order valence-electron chi connectivity index (χ1n) is 8.09. The van der Waals surface area contributed by atoms with Crippen molar-refractivity contribution in [3.8, 4) is 0 Å². The van der Waals surface area contributed by atoms with Crippen molar-refractivity contribution in [1.82, 2.24) is 10.3 Å². The van der Waals surface area contributed by atoms with Crippen molar-refractivity contribution in [3.63, 3.8) is 0 Å². The van der Waals surface area contributed by atoms with Gasteiger partial charge in [0.25, 0.3) is 0 Å². The summed E-state index contributed by atoms with van der Waals surface area (Å²) in [4.78, 5) is 13.5. The largest absolute Gasteiger partial charge is 0.374 e. The topological polar surface area (TPSA) is 52.5 Å². The van der Waals surface area contributed by atoms with E-state index < -0.39 is 0 Å². The van der Waals surface area contributed by atoms with E-state index in [2.05, 4.69) is 32.4 Å². The van der Waals surface area contributed by atoms with Gasteiger partial charge in [0.1, 0.15) is 0 Å². The van der Waals surface area contributed by atoms with E-state index in [-0.39, 0.29) is 65.9 Å². The van der Waals surface area contributed by atoms with Gasteiger partial charge in [0, 0.05) is 81.1 Å². The van der Waals surface area contributed by atoms with Gasteiger partial charge in [-0.2, -0.15) is 0 Å². The standard InChI is InChI=1S/C20H14N4S.Sm.Zn/c25-20-11-18-9-16-4-3-14(22-16)7-12-1-2-13(21-12)8-15-5-6-17(23-15)10-19(20)24-18;;/h1-11,19,22,24H;;. The first-order valence-corrected chi connectivity index (χ1v) is 8.50. The molecule has 7 heteroatoms. The van der Waals surface area contributed by atoms with Gasteiger partial charge < -0.3 is 10.3 Å². The average molecular weight is 558 g/mol. The Balaban J connectivity index is 0.00000105. The van der Waals surface area contributed by atoms with Crippen molar-refractivity contribution in [2.75, 3.05) is 0 Å². The van der Waals surface area contributed by atoms with Crippen LogP contribution in [0.3, 0.4) is 0 Å². The van der Waals surface area contributed by atoms with E-state index >= 15 is 0 Å². The Bertz CT molecular complexity index is 1140. The Labute approximate surface area is 207 Å². The molecule has 1 aromatic rings. The Morgan fingerprint density at radius 3 is 2.30 bits per heavy atom. The number of aliphatic imine (C=N–C) groups is 2. The fourth-order valence-corrected chi connectivity index (χ4v) is 3.37. The number of aromatic amines is 1. The second kappa shape index (κ2) is 8.51. The number of nitrogens with one attached hydrogen (secondary N) is 2. The third kappa shape index (κ3) is 4.50. The van der Waals surface area contributed by atoms with Gasteiger partial charge in [-0.1, -0.05) is 12.2 Å². The van der Waals surface area contributed by atoms with Gasteiger partial charge >= 0.3 is 0 Å². The molecule has 5 heterocycles. The van der Waals surface area contributed by atoms with E-state index in [0.29, 0.717) is 0 Å². The zero-order chi connectivity index (χ0) is 16.8. The number of hydrogen-bond donors (Lipinski definition) is 2. The summed E-state index contributed by atoms with van der Waals surface area (Å²) in [6, 6.07) is 4.08. The van der Waals surface area contributed by atoms with Gasteiger partial charge in [0.15, 0.2) is 0 Å². The number of nitrogens with zero attached hydrogens (tertiary/aromatic N) is 2. The number of aromatic nitrogens is 1. The molecule has 4 aliphatic heterocycles. The molecule has 2 N–H and O–H groups in total. The van der Waals surface area contributed by atoms with Crippen molar-refractivity contribution in [2.24, 2.45) is 9.98 Å². The van der Waals surface area contributed by atoms with E-state index in [1.165, 1.54) is 0 Å². The molecule has 5 rings (SSSR count). The number of rotatable bonds is 0. The Kier molecular flexibility index (Phi) is 6.51. The molecule has 0 aliphatic carbocycles. The predicted octanol–water partition coefficient (Wildman–Crippen LogP) is 1.60. The van der Waals surface area contributed by atoms with Crippen molar-refractivity contribution in [2.45, 2.75) is 6.04 Å². The van der Waals surface area contributed by atoms with Crippen LogP contribution in [0.2, 0.25) is 0 Å². The molecule has 1 aromatic heterocycles. The number of fused-ring (bicyclic) bond motifs is 6. The van der Waals surface area contributed by atoms with E-state index in [1.54, 1.807) is 0 Å². The van der Waals surface area contributed by atoms with Crippen molar-refractivity contribution in [3.05, 3.63) is 82.5 Å². The predicted molar refractivity (Wildman–Crippen MR) is 106 cm³/mol. The minimum Gasteiger partial charge on any atom is -0.374 e. The summed E-state index contributed by atoms with van der Waals surface area (Å²) in [5.41, 5.74) is 4.63. The van der Waals surface area contributed by atoms with Crippen LogP contribution in [-0.4, -0.2) is 27.3 Å². The van der Waals surface area contributed by atoms with Gasteiger partial charge in [-0.25, -0.2) is 9.98 Å². The molecule has 1 atom stereocenters. The van der Waals surface area contributed by atoms with Crippen LogP contribution >= 0.6 is 12.2 Å². The van der Waals surface area contributed by atoms with Crippen LogP contribution in [0.5, 0.6) is 0 Å². The SMILES string of the molecule is S=C1C=C2C=c3ccc([nH]3)=CC3=NC(=CC4=NC(=CC1N2)C=C4)C=C3.[Sm].[Zn]. The second-order valence-corrected chi connectivity index (χ2v) is 6.65. The molecule has 0 amide bonds. The Morgan fingerprint density at radius 2 is 1.48 bits per heavy atom. The molecular formula is C20H14N4SSmZn. The molecule has 0 spiro atoms. The van der Waals surface area contributed by atoms with Crippen LogP contribution in [0.1, 0.15) is 0 Å². The van der Waals surface area contributed by atoms with Crippen LogP contribution in [0, 0.1) is 40.4 Å². The smallest absolute Gasteiger partial charge is 0.0823 e. The third-order valence-electron chi connectivity index (χ3n) is 4.27. The number of H-pyrrole nitrogens is 1. The minimum atomic E-state index is -0.0125. The summed E-state index contributed by atoms with van der Waals surface area (Å²) in [6.07, 6.45) is 18.1. The molecule has 27 heavy (non-hydrogen) atoms. The maximum atomic E-state index is 5.50. The number of allylic oxidation sites excluding steroid dienone is 6. The van der Waals surface area contributed by atoms with Gasteiger partial charge in [0.2, 0.25) is 0 Å². The quantitative estimate of drug-likeness (QED) is 0.376. The minimum absolute atomic E-state index is 0. The van der Waals surface area contributed by atoms with Crippen LogP contribution in [0.4, 0.5) is 0 Å². The molecule has 128 valence electrons. The molecular weight excluding hydrogens is 544 g/mol. The maximum Gasteiger partial charge on any atom is 0.0823 e. The zero-order valence-electron chi connectivity index (χ0n) is 14.3. The second-order valence-electron chi connectivity index (χ2n) is 6.18. The van der Waals surface area contributed by atoms with Gasteiger partial charge in [0.05, 0.1) is 28.9 Å². The summed E-state index contributed by atoms with van der Waals surface area (Å²) in [5, 5.41) is 5.47. The van der Waals surface area contributed by atoms with Crippen LogP contribution in [0.15, 0.2) is 81.7 Å². The molecule has 4 nitrogen and oxygen atoms in total. The van der Waals surface area contributed by atoms with E-state index in [4.69, 9.17) is 12.2 Å². The van der Waals surface area contributed by atoms with Crippen LogP contribution in [-0.2, 0) is 19.5 Å². The van der Waals surface area contributed by atoms with E-state index in [0.717, 1.165) is 44.1 Å². The summed E-state index contributed by atoms with van der Waals surface area (Å²) >= 11 is 5.50. The molecule has 0 fully saturated rings. The third-order valence-corrected chi connectivity index (χ3v) is 4.64. The summed E-state index contributed by atoms with van der Waals surface area (Å²) in [6.45, 7) is 0. The molecule has 8 bridgehead atoms. The molecule has 0 saturated carbocycles. The molecule has 4 aliphatic rings. The van der Waals surface area contributed by atoms with Crippen molar-refractivity contribution < 1.29 is 59.9 Å². The maximum absolute atomic E-state index is 5.50. The summed E-state index contributed by atoms with van der Waals surface area (Å²) < 4.78 is 0. The van der Waals surface area contributed by atoms with Crippen molar-refractivity contribution >= 4 is 40.7 Å². The first-order chi connectivity index (χ1) is 12.2. The number of thiocarbonyl (C=S) groups is 1. The zero-order valence-corrected chi connectivity index (χ0v) is 20.7. The first kappa shape index (κ1) is 20.6. The Morgan fingerprint density at radius 1 is 0.815 bits per heavy atom. The normalized spacial score (nSPS) is 21.4. The summed E-state index contributed by atoms with van der Waals surface area (Å²) in [5.74, 6) is 0. The van der Waals surface area contributed by atoms with Gasteiger partial charge in [-0.3, -0.25) is 0 Å². The fourth-order valence-electron chi connectivity index (χ4n) is 3.11. The fraction of sp³-hybridized carbons (Fsp3) is 0.0500. The molecule has 1 unspecified atom stereocenters.